The first-order valence-corrected chi connectivity index (χ1v) is 6.49. The average Bonchev–Trinajstić information content (AvgIpc) is 2.43. The number of rotatable bonds is 3. The van der Waals surface area contributed by atoms with E-state index < -0.39 is 36.2 Å². The highest BCUT2D eigenvalue weighted by atomic mass is 19.4. The molecule has 122 valence electrons. The van der Waals surface area contributed by atoms with Crippen molar-refractivity contribution in [1.82, 2.24) is 9.97 Å². The predicted molar refractivity (Wildman–Crippen MR) is 71.0 cm³/mol. The van der Waals surface area contributed by atoms with E-state index in [9.17, 15) is 23.4 Å². The molecule has 0 spiro atoms. The summed E-state index contributed by atoms with van der Waals surface area (Å²) in [6.45, 7) is 5.27. The summed E-state index contributed by atoms with van der Waals surface area (Å²) in [5.41, 5.74) is -0.604. The second kappa shape index (κ2) is 6.19. The first-order chi connectivity index (χ1) is 10.2. The van der Waals surface area contributed by atoms with Crippen molar-refractivity contribution in [2.75, 3.05) is 11.9 Å². The number of nitrogens with one attached hydrogen (secondary N) is 1. The maximum absolute atomic E-state index is 12.6. The lowest BCUT2D eigenvalue weighted by molar-refractivity contribution is -0.141. The lowest BCUT2D eigenvalue weighted by atomic mass is 9.94. The lowest BCUT2D eigenvalue weighted by Crippen LogP contribution is -2.56. The SMILES string of the molecule is C=C(C)[C@H]1OC[C@H](Nc2cncc(C(F)(F)F)n2)[C@@H](O)[C@H]1O. The highest BCUT2D eigenvalue weighted by molar-refractivity contribution is 5.34. The molecule has 1 fully saturated rings. The smallest absolute Gasteiger partial charge is 0.388 e. The molecular formula is C13H16F3N3O3. The molecule has 2 rings (SSSR count). The van der Waals surface area contributed by atoms with Gasteiger partial charge in [-0.25, -0.2) is 4.98 Å². The number of ether oxygens (including phenoxy) is 1. The predicted octanol–water partition coefficient (Wildman–Crippen LogP) is 0.973. The number of hydrogen-bond donors (Lipinski definition) is 3. The molecule has 1 aliphatic rings. The van der Waals surface area contributed by atoms with Crippen LogP contribution in [-0.2, 0) is 10.9 Å². The Balaban J connectivity index is 2.10. The molecule has 22 heavy (non-hydrogen) atoms. The minimum Gasteiger partial charge on any atom is -0.388 e. The van der Waals surface area contributed by atoms with Crippen molar-refractivity contribution in [3.63, 3.8) is 0 Å². The molecule has 0 unspecified atom stereocenters. The van der Waals surface area contributed by atoms with Gasteiger partial charge in [0.15, 0.2) is 5.69 Å². The van der Waals surface area contributed by atoms with Gasteiger partial charge >= 0.3 is 6.18 Å². The summed E-state index contributed by atoms with van der Waals surface area (Å²) in [5, 5.41) is 22.6. The van der Waals surface area contributed by atoms with Gasteiger partial charge < -0.3 is 20.3 Å². The van der Waals surface area contributed by atoms with Crippen LogP contribution in [0.4, 0.5) is 19.0 Å². The zero-order valence-electron chi connectivity index (χ0n) is 11.7. The summed E-state index contributed by atoms with van der Waals surface area (Å²) in [5.74, 6) is -0.163. The molecule has 1 aliphatic heterocycles. The van der Waals surface area contributed by atoms with Crippen LogP contribution in [0.2, 0.25) is 0 Å². The lowest BCUT2D eigenvalue weighted by Gasteiger charge is -2.38. The highest BCUT2D eigenvalue weighted by Crippen LogP contribution is 2.28. The molecule has 6 nitrogen and oxygen atoms in total. The Morgan fingerprint density at radius 2 is 2.05 bits per heavy atom. The highest BCUT2D eigenvalue weighted by Gasteiger charge is 2.39. The van der Waals surface area contributed by atoms with Gasteiger partial charge in [0.05, 0.1) is 25.0 Å². The number of aliphatic hydroxyl groups excluding tert-OH is 2. The fourth-order valence-electron chi connectivity index (χ4n) is 2.14. The molecular weight excluding hydrogens is 303 g/mol. The Kier molecular flexibility index (Phi) is 4.69. The van der Waals surface area contributed by atoms with Gasteiger partial charge in [-0.15, -0.1) is 0 Å². The van der Waals surface area contributed by atoms with E-state index in [0.29, 0.717) is 11.8 Å². The zero-order valence-corrected chi connectivity index (χ0v) is 11.7. The van der Waals surface area contributed by atoms with E-state index in [4.69, 9.17) is 4.74 Å². The first kappa shape index (κ1) is 16.7. The summed E-state index contributed by atoms with van der Waals surface area (Å²) < 4.78 is 43.1. The molecule has 0 aliphatic carbocycles. The van der Waals surface area contributed by atoms with Gasteiger partial charge in [0, 0.05) is 0 Å². The Labute approximate surface area is 124 Å². The van der Waals surface area contributed by atoms with Crippen molar-refractivity contribution in [3.8, 4) is 0 Å². The molecule has 9 heteroatoms. The monoisotopic (exact) mass is 319 g/mol. The third-order valence-corrected chi connectivity index (χ3v) is 3.27. The van der Waals surface area contributed by atoms with E-state index in [0.717, 1.165) is 6.20 Å². The third kappa shape index (κ3) is 3.54. The third-order valence-electron chi connectivity index (χ3n) is 3.27. The largest absolute Gasteiger partial charge is 0.434 e. The molecule has 3 N–H and O–H groups in total. The Bertz CT molecular complexity index is 553. The van der Waals surface area contributed by atoms with E-state index in [1.807, 2.05) is 0 Å². The molecule has 0 bridgehead atoms. The molecule has 1 saturated heterocycles. The van der Waals surface area contributed by atoms with Crippen LogP contribution in [0, 0.1) is 0 Å². The van der Waals surface area contributed by atoms with Crippen LogP contribution in [0.3, 0.4) is 0 Å². The second-order valence-corrected chi connectivity index (χ2v) is 5.12. The molecule has 1 aromatic heterocycles. The van der Waals surface area contributed by atoms with Crippen molar-refractivity contribution in [3.05, 3.63) is 30.2 Å². The van der Waals surface area contributed by atoms with Crippen LogP contribution >= 0.6 is 0 Å². The Morgan fingerprint density at radius 3 is 2.64 bits per heavy atom. The molecule has 2 heterocycles. The van der Waals surface area contributed by atoms with E-state index in [1.54, 1.807) is 6.92 Å². The van der Waals surface area contributed by atoms with Crippen molar-refractivity contribution in [2.45, 2.75) is 37.5 Å². The second-order valence-electron chi connectivity index (χ2n) is 5.12. The zero-order chi connectivity index (χ0) is 16.5. The average molecular weight is 319 g/mol. The number of halogens is 3. The topological polar surface area (TPSA) is 87.5 Å². The molecule has 0 amide bonds. The summed E-state index contributed by atoms with van der Waals surface area (Å²) in [6, 6.07) is -0.816. The van der Waals surface area contributed by atoms with Crippen LogP contribution in [0.15, 0.2) is 24.5 Å². The van der Waals surface area contributed by atoms with Crippen molar-refractivity contribution in [1.29, 1.82) is 0 Å². The number of alkyl halides is 3. The van der Waals surface area contributed by atoms with Gasteiger partial charge in [-0.05, 0) is 12.5 Å². The van der Waals surface area contributed by atoms with Gasteiger partial charge in [-0.1, -0.05) is 6.58 Å². The minimum atomic E-state index is -4.61. The van der Waals surface area contributed by atoms with Crippen molar-refractivity contribution in [2.24, 2.45) is 0 Å². The first-order valence-electron chi connectivity index (χ1n) is 6.49. The standard InChI is InChI=1S/C13H16F3N3O3/c1-6(2)12-11(21)10(20)7(5-22-12)18-9-4-17-3-8(19-9)13(14,15)16/h3-4,7,10-12,20-21H,1,5H2,2H3,(H,18,19)/t7-,10+,11+,12+/m0/s1. The van der Waals surface area contributed by atoms with Gasteiger partial charge in [-0.3, -0.25) is 4.98 Å². The quantitative estimate of drug-likeness (QED) is 0.720. The molecule has 0 radical (unpaired) electrons. The van der Waals surface area contributed by atoms with Gasteiger partial charge in [0.1, 0.15) is 24.1 Å². The van der Waals surface area contributed by atoms with E-state index in [1.165, 1.54) is 0 Å². The van der Waals surface area contributed by atoms with Crippen molar-refractivity contribution >= 4 is 5.82 Å². The fourth-order valence-corrected chi connectivity index (χ4v) is 2.14. The van der Waals surface area contributed by atoms with E-state index in [2.05, 4.69) is 21.9 Å². The van der Waals surface area contributed by atoms with E-state index >= 15 is 0 Å². The van der Waals surface area contributed by atoms with Crippen LogP contribution in [-0.4, -0.2) is 51.1 Å². The summed E-state index contributed by atoms with van der Waals surface area (Å²) in [7, 11) is 0. The summed E-state index contributed by atoms with van der Waals surface area (Å²) in [6.07, 6.45) is -6.11. The van der Waals surface area contributed by atoms with Crippen molar-refractivity contribution < 1.29 is 28.1 Å². The number of aromatic nitrogens is 2. The Morgan fingerprint density at radius 1 is 1.36 bits per heavy atom. The molecule has 0 saturated carbocycles. The molecule has 0 aromatic carbocycles. The maximum Gasteiger partial charge on any atom is 0.434 e. The van der Waals surface area contributed by atoms with Gasteiger partial charge in [-0.2, -0.15) is 13.2 Å². The maximum atomic E-state index is 12.6. The van der Waals surface area contributed by atoms with Crippen LogP contribution < -0.4 is 5.32 Å². The van der Waals surface area contributed by atoms with Gasteiger partial charge in [0.2, 0.25) is 0 Å². The molecule has 1 aromatic rings. The van der Waals surface area contributed by atoms with Gasteiger partial charge in [0.25, 0.3) is 0 Å². The summed E-state index contributed by atoms with van der Waals surface area (Å²) >= 11 is 0. The molecule has 4 atom stereocenters. The summed E-state index contributed by atoms with van der Waals surface area (Å²) in [4.78, 5) is 6.85. The Hall–Kier alpha value is -1.71. The number of aliphatic hydroxyl groups is 2. The van der Waals surface area contributed by atoms with Crippen LogP contribution in [0.5, 0.6) is 0 Å². The minimum absolute atomic E-state index is 0.0202. The van der Waals surface area contributed by atoms with E-state index in [-0.39, 0.29) is 12.4 Å². The fraction of sp³-hybridized carbons (Fsp3) is 0.538. The number of anilines is 1. The number of hydrogen-bond acceptors (Lipinski definition) is 6. The normalized spacial score (nSPS) is 29.2. The van der Waals surface area contributed by atoms with Crippen LogP contribution in [0.25, 0.3) is 0 Å². The number of nitrogens with zero attached hydrogens (tertiary/aromatic N) is 2. The van der Waals surface area contributed by atoms with Crippen LogP contribution in [0.1, 0.15) is 12.6 Å².